The number of benzene rings is 7. The van der Waals surface area contributed by atoms with Crippen LogP contribution in [-0.2, 0) is 0 Å². The molecule has 7 aromatic carbocycles. The minimum atomic E-state index is -0.0584. The standard InChI is InChI=1S/C44H26BN3O/c1-3-13-27(14-4-1)46(28-15-5-2-6-16-28)29-25-35-32-19-11-21-34-40-33-18-8-10-24-39(33)49-44(40)48(42(32)34)45-36-22-12-20-31-30-17-7-9-23-37(30)47(43(31)36)38(26-29)41(35)45/h1-26H. The minimum Gasteiger partial charge on any atom is -0.441 e. The zero-order valence-electron chi connectivity index (χ0n) is 26.3. The molecule has 3 aromatic heterocycles. The molecule has 0 atom stereocenters. The zero-order chi connectivity index (χ0) is 31.8. The maximum Gasteiger partial charge on any atom is 0.336 e. The van der Waals surface area contributed by atoms with E-state index in [2.05, 4.69) is 172 Å². The second-order valence-electron chi connectivity index (χ2n) is 13.3. The average Bonchev–Trinajstić information content (AvgIpc) is 3.81. The Morgan fingerprint density at radius 2 is 1.18 bits per heavy atom. The van der Waals surface area contributed by atoms with E-state index in [0.717, 1.165) is 33.7 Å². The first-order valence-corrected chi connectivity index (χ1v) is 16.9. The molecule has 0 radical (unpaired) electrons. The van der Waals surface area contributed by atoms with Crippen LogP contribution >= 0.6 is 0 Å². The van der Waals surface area contributed by atoms with Crippen LogP contribution < -0.4 is 15.8 Å². The molecule has 10 aromatic rings. The van der Waals surface area contributed by atoms with E-state index in [4.69, 9.17) is 4.42 Å². The summed E-state index contributed by atoms with van der Waals surface area (Å²) in [5, 5.41) is 6.13. The van der Waals surface area contributed by atoms with Crippen LogP contribution in [0.3, 0.4) is 0 Å². The highest BCUT2D eigenvalue weighted by molar-refractivity contribution is 6.90. The quantitative estimate of drug-likeness (QED) is 0.183. The van der Waals surface area contributed by atoms with E-state index in [-0.39, 0.29) is 6.85 Å². The average molecular weight is 624 g/mol. The molecule has 0 N–H and O–H groups in total. The van der Waals surface area contributed by atoms with Gasteiger partial charge in [0.25, 0.3) is 0 Å². The summed E-state index contributed by atoms with van der Waals surface area (Å²) in [7, 11) is 0. The van der Waals surface area contributed by atoms with Gasteiger partial charge in [-0.25, -0.2) is 0 Å². The summed E-state index contributed by atoms with van der Waals surface area (Å²) in [6.07, 6.45) is 0. The van der Waals surface area contributed by atoms with Gasteiger partial charge in [0, 0.05) is 55.4 Å². The molecule has 0 saturated heterocycles. The highest BCUT2D eigenvalue weighted by Gasteiger charge is 2.43. The van der Waals surface area contributed by atoms with Gasteiger partial charge in [-0.15, -0.1) is 0 Å². The molecule has 2 aliphatic heterocycles. The van der Waals surface area contributed by atoms with Crippen molar-refractivity contribution >= 4 is 89.6 Å². The van der Waals surface area contributed by atoms with E-state index >= 15 is 0 Å². The van der Waals surface area contributed by atoms with Crippen LogP contribution in [0.1, 0.15) is 0 Å². The number of rotatable bonds is 3. The third-order valence-electron chi connectivity index (χ3n) is 10.9. The van der Waals surface area contributed by atoms with Crippen molar-refractivity contribution in [2.45, 2.75) is 0 Å². The molecule has 0 amide bonds. The first-order chi connectivity index (χ1) is 24.3. The molecule has 0 fully saturated rings. The lowest BCUT2D eigenvalue weighted by atomic mass is 9.45. The number of hydrogen-bond donors (Lipinski definition) is 0. The predicted octanol–water partition coefficient (Wildman–Crippen LogP) is 10.1. The number of nitrogens with zero attached hydrogens (tertiary/aromatic N) is 3. The van der Waals surface area contributed by atoms with Crippen LogP contribution in [0.25, 0.3) is 71.6 Å². The highest BCUT2D eigenvalue weighted by atomic mass is 16.3. The second-order valence-corrected chi connectivity index (χ2v) is 13.3. The fourth-order valence-electron chi connectivity index (χ4n) is 9.02. The Labute approximate surface area is 281 Å². The molecule has 12 rings (SSSR count). The fraction of sp³-hybridized carbons (Fsp3) is 0. The molecule has 0 spiro atoms. The number of hydrogen-bond acceptors (Lipinski definition) is 2. The smallest absolute Gasteiger partial charge is 0.336 e. The molecule has 0 aliphatic carbocycles. The van der Waals surface area contributed by atoms with Crippen LogP contribution in [0.2, 0.25) is 0 Å². The predicted molar refractivity (Wildman–Crippen MR) is 204 cm³/mol. The van der Waals surface area contributed by atoms with E-state index in [1.165, 1.54) is 65.8 Å². The number of anilines is 3. The summed E-state index contributed by atoms with van der Waals surface area (Å²) in [6.45, 7) is -0.0584. The molecular formula is C44H26BN3O. The van der Waals surface area contributed by atoms with Crippen molar-refractivity contribution in [3.05, 3.63) is 158 Å². The number of para-hydroxylation sites is 6. The van der Waals surface area contributed by atoms with Crippen LogP contribution in [0, 0.1) is 0 Å². The van der Waals surface area contributed by atoms with Crippen molar-refractivity contribution in [1.29, 1.82) is 0 Å². The van der Waals surface area contributed by atoms with E-state index < -0.39 is 0 Å². The summed E-state index contributed by atoms with van der Waals surface area (Å²) < 4.78 is 11.9. The van der Waals surface area contributed by atoms with Crippen molar-refractivity contribution in [3.8, 4) is 16.8 Å². The number of fused-ring (bicyclic) bond motifs is 12. The zero-order valence-corrected chi connectivity index (χ0v) is 26.3. The summed E-state index contributed by atoms with van der Waals surface area (Å²) in [5.41, 5.74) is 15.3. The molecule has 0 unspecified atom stereocenters. The molecule has 0 saturated carbocycles. The van der Waals surface area contributed by atoms with Gasteiger partial charge in [0.15, 0.2) is 5.71 Å². The van der Waals surface area contributed by atoms with Gasteiger partial charge in [0.1, 0.15) is 5.58 Å². The van der Waals surface area contributed by atoms with Gasteiger partial charge in [-0.3, -0.25) is 0 Å². The summed E-state index contributed by atoms with van der Waals surface area (Å²) in [4.78, 5) is 2.39. The van der Waals surface area contributed by atoms with Crippen molar-refractivity contribution < 1.29 is 4.42 Å². The van der Waals surface area contributed by atoms with Crippen LogP contribution in [0.4, 0.5) is 17.1 Å². The molecule has 5 heterocycles. The maximum absolute atomic E-state index is 6.83. The van der Waals surface area contributed by atoms with Gasteiger partial charge in [-0.1, -0.05) is 109 Å². The molecule has 5 heteroatoms. The molecule has 4 nitrogen and oxygen atoms in total. The Hall–Kier alpha value is -6.46. The minimum absolute atomic E-state index is 0.0584. The number of furan rings is 1. The van der Waals surface area contributed by atoms with Gasteiger partial charge in [0.2, 0.25) is 0 Å². The van der Waals surface area contributed by atoms with Crippen molar-refractivity contribution in [2.24, 2.45) is 0 Å². The molecule has 226 valence electrons. The molecule has 0 bridgehead atoms. The molecular weight excluding hydrogens is 597 g/mol. The Morgan fingerprint density at radius 3 is 2.00 bits per heavy atom. The SMILES string of the molecule is c1ccc(N(c2ccccc2)c2cc3c4c(c2)-n2c5ccccc5c5cccc(c52)B4n2c4oc5ccccc5c4c4cccc-3c42)cc1. The van der Waals surface area contributed by atoms with E-state index in [1.807, 2.05) is 0 Å². The highest BCUT2D eigenvalue weighted by Crippen LogP contribution is 2.47. The fourth-order valence-corrected chi connectivity index (χ4v) is 9.02. The van der Waals surface area contributed by atoms with Gasteiger partial charge in [-0.2, -0.15) is 0 Å². The topological polar surface area (TPSA) is 26.2 Å². The van der Waals surface area contributed by atoms with Crippen LogP contribution in [-0.4, -0.2) is 15.9 Å². The van der Waals surface area contributed by atoms with Crippen LogP contribution in [0.5, 0.6) is 0 Å². The van der Waals surface area contributed by atoms with E-state index in [0.29, 0.717) is 0 Å². The van der Waals surface area contributed by atoms with Gasteiger partial charge >= 0.3 is 6.85 Å². The van der Waals surface area contributed by atoms with Gasteiger partial charge < -0.3 is 18.4 Å². The lowest BCUT2D eigenvalue weighted by Gasteiger charge is -2.35. The third kappa shape index (κ3) is 3.15. The maximum atomic E-state index is 6.83. The summed E-state index contributed by atoms with van der Waals surface area (Å²) in [5.74, 6) is 0. The van der Waals surface area contributed by atoms with Gasteiger partial charge in [-0.05, 0) is 65.0 Å². The first kappa shape index (κ1) is 25.6. The van der Waals surface area contributed by atoms with E-state index in [1.54, 1.807) is 0 Å². The first-order valence-electron chi connectivity index (χ1n) is 16.9. The lowest BCUT2D eigenvalue weighted by Crippen LogP contribution is -2.55. The number of aromatic nitrogens is 2. The monoisotopic (exact) mass is 623 g/mol. The summed E-state index contributed by atoms with van der Waals surface area (Å²) in [6, 6.07) is 57.3. The van der Waals surface area contributed by atoms with Gasteiger partial charge in [0.05, 0.1) is 16.4 Å². The second kappa shape index (κ2) is 9.12. The van der Waals surface area contributed by atoms with E-state index in [9.17, 15) is 0 Å². The normalized spacial score (nSPS) is 12.9. The van der Waals surface area contributed by atoms with Crippen molar-refractivity contribution in [3.63, 3.8) is 0 Å². The Kier molecular flexibility index (Phi) is 4.77. The largest absolute Gasteiger partial charge is 0.441 e. The molecule has 2 aliphatic rings. The Balaban J connectivity index is 1.29. The van der Waals surface area contributed by atoms with Crippen LogP contribution in [0.15, 0.2) is 162 Å². The Morgan fingerprint density at radius 1 is 0.510 bits per heavy atom. The Bertz CT molecular complexity index is 2970. The van der Waals surface area contributed by atoms with Crippen molar-refractivity contribution in [2.75, 3.05) is 4.90 Å². The third-order valence-corrected chi connectivity index (χ3v) is 10.9. The molecule has 49 heavy (non-hydrogen) atoms. The summed E-state index contributed by atoms with van der Waals surface area (Å²) >= 11 is 0. The lowest BCUT2D eigenvalue weighted by molar-refractivity contribution is 0.651. The van der Waals surface area contributed by atoms with Crippen molar-refractivity contribution in [1.82, 2.24) is 9.05 Å².